The largest absolute Gasteiger partial charge is 0.444 e. The Kier molecular flexibility index (Phi) is 4.78. The van der Waals surface area contributed by atoms with Crippen molar-refractivity contribution in [3.05, 3.63) is 0 Å². The fourth-order valence-electron chi connectivity index (χ4n) is 1.59. The van der Waals surface area contributed by atoms with Gasteiger partial charge in [-0.05, 0) is 27.7 Å². The van der Waals surface area contributed by atoms with Gasteiger partial charge in [-0.25, -0.2) is 22.3 Å². The maximum absolute atomic E-state index is 13.4. The summed E-state index contributed by atoms with van der Waals surface area (Å²) < 4.78 is 43.4. The number of carbonyl (C=O) groups excluding carboxylic acids is 1. The zero-order chi connectivity index (χ0) is 14.8. The van der Waals surface area contributed by atoms with Crippen LogP contribution in [0.3, 0.4) is 0 Å². The molecule has 1 N–H and O–H groups in total. The number of carbonyl (C=O) groups is 1. The Morgan fingerprint density at radius 1 is 1.47 bits per heavy atom. The molecule has 19 heavy (non-hydrogen) atoms. The summed E-state index contributed by atoms with van der Waals surface area (Å²) >= 11 is 0. The lowest BCUT2D eigenvalue weighted by molar-refractivity contribution is -0.0381. The van der Waals surface area contributed by atoms with Gasteiger partial charge < -0.3 is 4.74 Å². The third-order valence-electron chi connectivity index (χ3n) is 2.71. The molecular weight excluding hydrogens is 275 g/mol. The highest BCUT2D eigenvalue weighted by molar-refractivity contribution is 7.89. The van der Waals surface area contributed by atoms with Gasteiger partial charge in [-0.15, -0.1) is 0 Å². The van der Waals surface area contributed by atoms with Crippen LogP contribution >= 0.6 is 0 Å². The van der Waals surface area contributed by atoms with Gasteiger partial charge in [0.05, 0.1) is 18.3 Å². The second kappa shape index (κ2) is 5.62. The summed E-state index contributed by atoms with van der Waals surface area (Å²) in [5, 5.41) is 0. The number of halogens is 1. The first kappa shape index (κ1) is 16.2. The van der Waals surface area contributed by atoms with Crippen LogP contribution in [0.25, 0.3) is 0 Å². The monoisotopic (exact) mass is 296 g/mol. The Balaban J connectivity index is 2.56. The Hall–Kier alpha value is -0.890. The van der Waals surface area contributed by atoms with Crippen molar-refractivity contribution in [2.45, 2.75) is 45.5 Å². The quantitative estimate of drug-likeness (QED) is 0.835. The lowest BCUT2D eigenvalue weighted by Crippen LogP contribution is -2.64. The summed E-state index contributed by atoms with van der Waals surface area (Å²) in [6, 6.07) is -0.795. The van der Waals surface area contributed by atoms with Crippen molar-refractivity contribution in [2.75, 3.05) is 18.8 Å². The normalized spacial score (nSPS) is 23.9. The van der Waals surface area contributed by atoms with Gasteiger partial charge in [-0.2, -0.15) is 0 Å². The number of ether oxygens (including phenoxy) is 1. The van der Waals surface area contributed by atoms with Crippen molar-refractivity contribution in [2.24, 2.45) is 0 Å². The van der Waals surface area contributed by atoms with Gasteiger partial charge in [-0.3, -0.25) is 4.90 Å². The third-order valence-corrected chi connectivity index (χ3v) is 4.08. The number of nitrogens with one attached hydrogen (secondary N) is 1. The molecule has 1 saturated heterocycles. The minimum absolute atomic E-state index is 0.0621. The number of likely N-dealkylation sites (tertiary alicyclic amines) is 1. The Bertz CT molecular complexity index is 432. The topological polar surface area (TPSA) is 75.7 Å². The maximum atomic E-state index is 13.4. The second-order valence-corrected chi connectivity index (χ2v) is 7.56. The van der Waals surface area contributed by atoms with Crippen LogP contribution in [0.15, 0.2) is 0 Å². The molecule has 0 aromatic carbocycles. The highest BCUT2D eigenvalue weighted by Crippen LogP contribution is 2.23. The minimum Gasteiger partial charge on any atom is -0.444 e. The molecule has 112 valence electrons. The van der Waals surface area contributed by atoms with E-state index < -0.39 is 33.9 Å². The minimum atomic E-state index is -3.39. The van der Waals surface area contributed by atoms with E-state index in [0.717, 1.165) is 0 Å². The smallest absolute Gasteiger partial charge is 0.410 e. The summed E-state index contributed by atoms with van der Waals surface area (Å²) in [5.74, 6) is -0.0802. The zero-order valence-electron chi connectivity index (χ0n) is 11.6. The number of alkyl halides is 1. The van der Waals surface area contributed by atoms with E-state index in [-0.39, 0.29) is 18.8 Å². The van der Waals surface area contributed by atoms with Crippen LogP contribution in [0.5, 0.6) is 0 Å². The van der Waals surface area contributed by atoms with Crippen LogP contribution in [0.2, 0.25) is 0 Å². The molecule has 0 aliphatic carbocycles. The Morgan fingerprint density at radius 3 is 2.47 bits per heavy atom. The Morgan fingerprint density at radius 2 is 2.05 bits per heavy atom. The van der Waals surface area contributed by atoms with Crippen molar-refractivity contribution in [1.29, 1.82) is 0 Å². The van der Waals surface area contributed by atoms with Gasteiger partial charge in [0.15, 0.2) is 0 Å². The number of sulfonamides is 1. The maximum Gasteiger partial charge on any atom is 0.410 e. The SMILES string of the molecule is CCS(=O)(=O)NC[C@@H]1[C@H](F)CN1C(=O)OC(C)(C)C. The van der Waals surface area contributed by atoms with Crippen molar-refractivity contribution in [3.63, 3.8) is 0 Å². The molecule has 0 spiro atoms. The highest BCUT2D eigenvalue weighted by Gasteiger charge is 2.44. The molecule has 1 heterocycles. The molecule has 0 bridgehead atoms. The standard InChI is InChI=1S/C11H21FN2O4S/c1-5-19(16,17)13-6-9-8(12)7-14(9)10(15)18-11(2,3)4/h8-9,13H,5-7H2,1-4H3/t8-,9-/m1/s1. The first-order valence-corrected chi connectivity index (χ1v) is 7.82. The van der Waals surface area contributed by atoms with Crippen molar-refractivity contribution in [1.82, 2.24) is 9.62 Å². The predicted molar refractivity (Wildman–Crippen MR) is 69.1 cm³/mol. The second-order valence-electron chi connectivity index (χ2n) is 5.47. The number of hydrogen-bond donors (Lipinski definition) is 1. The third kappa shape index (κ3) is 4.61. The molecule has 1 rings (SSSR count). The van der Waals surface area contributed by atoms with E-state index in [1.54, 1.807) is 20.8 Å². The van der Waals surface area contributed by atoms with Crippen LogP contribution in [0.4, 0.5) is 9.18 Å². The Labute approximate surface area is 113 Å². The van der Waals surface area contributed by atoms with Crippen LogP contribution in [-0.4, -0.2) is 56.1 Å². The van der Waals surface area contributed by atoms with Gasteiger partial charge in [0.1, 0.15) is 11.8 Å². The number of nitrogens with zero attached hydrogens (tertiary/aromatic N) is 1. The molecule has 0 aromatic heterocycles. The molecule has 0 aromatic rings. The van der Waals surface area contributed by atoms with Crippen LogP contribution in [0, 0.1) is 0 Å². The average molecular weight is 296 g/mol. The lowest BCUT2D eigenvalue weighted by Gasteiger charge is -2.43. The van der Waals surface area contributed by atoms with E-state index in [1.807, 2.05) is 0 Å². The molecule has 1 aliphatic heterocycles. The van der Waals surface area contributed by atoms with E-state index in [1.165, 1.54) is 11.8 Å². The van der Waals surface area contributed by atoms with Crippen LogP contribution in [0.1, 0.15) is 27.7 Å². The molecule has 8 heteroatoms. The average Bonchev–Trinajstić information content (AvgIpc) is 2.23. The van der Waals surface area contributed by atoms with Gasteiger partial charge >= 0.3 is 6.09 Å². The zero-order valence-corrected chi connectivity index (χ0v) is 12.5. The van der Waals surface area contributed by atoms with E-state index in [9.17, 15) is 17.6 Å². The predicted octanol–water partition coefficient (Wildman–Crippen LogP) is 0.883. The van der Waals surface area contributed by atoms with E-state index in [0.29, 0.717) is 0 Å². The molecule has 0 unspecified atom stereocenters. The van der Waals surface area contributed by atoms with E-state index in [4.69, 9.17) is 4.74 Å². The van der Waals surface area contributed by atoms with Gasteiger partial charge in [0, 0.05) is 6.54 Å². The van der Waals surface area contributed by atoms with Crippen LogP contribution < -0.4 is 4.72 Å². The van der Waals surface area contributed by atoms with Crippen LogP contribution in [-0.2, 0) is 14.8 Å². The van der Waals surface area contributed by atoms with Gasteiger partial charge in [0.2, 0.25) is 10.0 Å². The number of rotatable bonds is 4. The van der Waals surface area contributed by atoms with Crippen molar-refractivity contribution < 1.29 is 22.3 Å². The molecule has 0 radical (unpaired) electrons. The fraction of sp³-hybridized carbons (Fsp3) is 0.909. The summed E-state index contributed by atoms with van der Waals surface area (Å²) in [4.78, 5) is 13.0. The summed E-state index contributed by atoms with van der Waals surface area (Å²) in [7, 11) is -3.39. The molecule has 1 fully saturated rings. The molecular formula is C11H21FN2O4S. The summed E-state index contributed by atoms with van der Waals surface area (Å²) in [5.41, 5.74) is -0.661. The molecule has 2 atom stereocenters. The molecule has 0 saturated carbocycles. The number of amides is 1. The molecule has 1 amide bonds. The van der Waals surface area contributed by atoms with Crippen molar-refractivity contribution >= 4 is 16.1 Å². The summed E-state index contributed by atoms with van der Waals surface area (Å²) in [6.45, 7) is 6.44. The van der Waals surface area contributed by atoms with Gasteiger partial charge in [0.25, 0.3) is 0 Å². The summed E-state index contributed by atoms with van der Waals surface area (Å²) in [6.07, 6.45) is -1.85. The van der Waals surface area contributed by atoms with E-state index >= 15 is 0 Å². The lowest BCUT2D eigenvalue weighted by atomic mass is 10.0. The molecule has 1 aliphatic rings. The molecule has 6 nitrogen and oxygen atoms in total. The first-order chi connectivity index (χ1) is 8.56. The number of hydrogen-bond acceptors (Lipinski definition) is 4. The van der Waals surface area contributed by atoms with Gasteiger partial charge in [-0.1, -0.05) is 0 Å². The van der Waals surface area contributed by atoms with Crippen molar-refractivity contribution in [3.8, 4) is 0 Å². The fourth-order valence-corrected chi connectivity index (χ4v) is 2.21. The van der Waals surface area contributed by atoms with E-state index in [2.05, 4.69) is 4.72 Å². The highest BCUT2D eigenvalue weighted by atomic mass is 32.2. The first-order valence-electron chi connectivity index (χ1n) is 6.17.